The fourth-order valence-electron chi connectivity index (χ4n) is 1.70. The summed E-state index contributed by atoms with van der Waals surface area (Å²) < 4.78 is 6.29. The molecule has 0 aromatic rings. The third-order valence-corrected chi connectivity index (χ3v) is 9.20. The predicted octanol–water partition coefficient (Wildman–Crippen LogP) is 4.74. The molecule has 0 N–H and O–H groups in total. The Kier molecular flexibility index (Phi) is 4.84. The van der Waals surface area contributed by atoms with Crippen LogP contribution in [-0.2, 0) is 4.43 Å². The Morgan fingerprint density at radius 3 is 2.56 bits per heavy atom. The van der Waals surface area contributed by atoms with Crippen LogP contribution in [-0.4, -0.2) is 20.3 Å². The Labute approximate surface area is 110 Å². The van der Waals surface area contributed by atoms with Crippen LogP contribution in [0, 0.1) is 5.92 Å². The van der Waals surface area contributed by atoms with E-state index >= 15 is 0 Å². The molecule has 0 aromatic carbocycles. The quantitative estimate of drug-likeness (QED) is 0.414. The zero-order valence-corrected chi connectivity index (χ0v) is 13.9. The fraction of sp³-hybridized carbons (Fsp3) is 0.846. The molecule has 0 aliphatic heterocycles. The van der Waals surface area contributed by atoms with Gasteiger partial charge < -0.3 is 4.43 Å². The monoisotopic (exact) mass is 304 g/mol. The van der Waals surface area contributed by atoms with Crippen molar-refractivity contribution in [1.29, 1.82) is 0 Å². The lowest BCUT2D eigenvalue weighted by atomic mass is 10.1. The van der Waals surface area contributed by atoms with Crippen molar-refractivity contribution in [3.63, 3.8) is 0 Å². The first-order valence-corrected chi connectivity index (χ1v) is 10.2. The van der Waals surface area contributed by atoms with Gasteiger partial charge in [-0.3, -0.25) is 0 Å². The van der Waals surface area contributed by atoms with Gasteiger partial charge in [-0.05, 0) is 31.0 Å². The van der Waals surface area contributed by atoms with Crippen LogP contribution in [0.5, 0.6) is 0 Å². The van der Waals surface area contributed by atoms with Gasteiger partial charge in [0, 0.05) is 17.9 Å². The number of rotatable bonds is 4. The van der Waals surface area contributed by atoms with Crippen molar-refractivity contribution >= 4 is 24.2 Å². The molecule has 0 amide bonds. The summed E-state index contributed by atoms with van der Waals surface area (Å²) in [5.74, 6) is 0.661. The van der Waals surface area contributed by atoms with E-state index in [4.69, 9.17) is 4.43 Å². The maximum absolute atomic E-state index is 6.29. The first kappa shape index (κ1) is 14.5. The summed E-state index contributed by atoms with van der Waals surface area (Å²) in [6.45, 7) is 12.5. The van der Waals surface area contributed by atoms with Gasteiger partial charge in [-0.2, -0.15) is 0 Å². The molecule has 0 spiro atoms. The maximum Gasteiger partial charge on any atom is 0.192 e. The van der Waals surface area contributed by atoms with E-state index in [-0.39, 0.29) is 0 Å². The number of hydrogen-bond donors (Lipinski definition) is 0. The summed E-state index contributed by atoms with van der Waals surface area (Å²) in [5, 5.41) is 1.34. The largest absolute Gasteiger partial charge is 0.416 e. The number of halogens is 1. The molecule has 1 nitrogen and oxygen atoms in total. The van der Waals surface area contributed by atoms with Crippen LogP contribution >= 0.6 is 15.9 Å². The van der Waals surface area contributed by atoms with E-state index in [2.05, 4.69) is 55.9 Å². The Balaban J connectivity index is 2.49. The standard InChI is InChI=1S/C13H25BrOSi/c1-13(2,3)16(4,5)15-10-12-8-6-7-11(12)9-14/h7,12H,6,8-10H2,1-5H3. The second kappa shape index (κ2) is 5.36. The van der Waals surface area contributed by atoms with Crippen LogP contribution in [0.15, 0.2) is 11.6 Å². The van der Waals surface area contributed by atoms with Crippen molar-refractivity contribution in [2.75, 3.05) is 11.9 Å². The Bertz CT molecular complexity index is 266. The summed E-state index contributed by atoms with van der Waals surface area (Å²) in [4.78, 5) is 0. The smallest absolute Gasteiger partial charge is 0.192 e. The number of allylic oxidation sites excluding steroid dienone is 1. The molecule has 0 saturated carbocycles. The lowest BCUT2D eigenvalue weighted by Gasteiger charge is -2.37. The molecular formula is C13H25BrOSi. The average Bonchev–Trinajstić information content (AvgIpc) is 2.60. The molecule has 1 rings (SSSR count). The molecule has 1 atom stereocenters. The SMILES string of the molecule is CC(C)(C)[Si](C)(C)OCC1CCC=C1CBr. The van der Waals surface area contributed by atoms with E-state index in [1.54, 1.807) is 5.57 Å². The molecule has 1 unspecified atom stereocenters. The van der Waals surface area contributed by atoms with Crippen molar-refractivity contribution in [3.8, 4) is 0 Å². The highest BCUT2D eigenvalue weighted by molar-refractivity contribution is 9.09. The fourth-order valence-corrected chi connectivity index (χ4v) is 3.44. The predicted molar refractivity (Wildman–Crippen MR) is 77.8 cm³/mol. The molecule has 0 bridgehead atoms. The highest BCUT2D eigenvalue weighted by Gasteiger charge is 2.37. The van der Waals surface area contributed by atoms with Crippen LogP contribution in [0.2, 0.25) is 18.1 Å². The van der Waals surface area contributed by atoms with Gasteiger partial charge in [0.25, 0.3) is 0 Å². The molecule has 16 heavy (non-hydrogen) atoms. The average molecular weight is 305 g/mol. The Morgan fingerprint density at radius 1 is 1.44 bits per heavy atom. The minimum atomic E-state index is -1.56. The lowest BCUT2D eigenvalue weighted by Crippen LogP contribution is -2.42. The van der Waals surface area contributed by atoms with E-state index in [1.807, 2.05) is 0 Å². The van der Waals surface area contributed by atoms with Crippen LogP contribution < -0.4 is 0 Å². The number of alkyl halides is 1. The lowest BCUT2D eigenvalue weighted by molar-refractivity contribution is 0.245. The maximum atomic E-state index is 6.29. The van der Waals surface area contributed by atoms with Gasteiger partial charge in [0.2, 0.25) is 0 Å². The summed E-state index contributed by atoms with van der Waals surface area (Å²) in [7, 11) is -1.56. The van der Waals surface area contributed by atoms with Gasteiger partial charge in [0.1, 0.15) is 0 Å². The first-order valence-electron chi connectivity index (χ1n) is 6.17. The molecule has 1 aliphatic carbocycles. The third-order valence-electron chi connectivity index (χ3n) is 4.05. The zero-order chi connectivity index (χ0) is 12.4. The van der Waals surface area contributed by atoms with Crippen LogP contribution in [0.1, 0.15) is 33.6 Å². The van der Waals surface area contributed by atoms with Gasteiger partial charge in [0.05, 0.1) is 0 Å². The van der Waals surface area contributed by atoms with Crippen molar-refractivity contribution in [2.45, 2.75) is 51.7 Å². The second-order valence-electron chi connectivity index (χ2n) is 6.26. The van der Waals surface area contributed by atoms with Crippen LogP contribution in [0.25, 0.3) is 0 Å². The summed E-state index contributed by atoms with van der Waals surface area (Å²) in [5.41, 5.74) is 1.54. The topological polar surface area (TPSA) is 9.23 Å². The summed E-state index contributed by atoms with van der Waals surface area (Å²) in [6, 6.07) is 0. The van der Waals surface area contributed by atoms with Gasteiger partial charge in [0.15, 0.2) is 8.32 Å². The molecule has 3 heteroatoms. The minimum Gasteiger partial charge on any atom is -0.416 e. The summed E-state index contributed by atoms with van der Waals surface area (Å²) >= 11 is 3.56. The van der Waals surface area contributed by atoms with Crippen LogP contribution in [0.3, 0.4) is 0 Å². The number of hydrogen-bond acceptors (Lipinski definition) is 1. The molecule has 0 fully saturated rings. The van der Waals surface area contributed by atoms with E-state index in [9.17, 15) is 0 Å². The normalized spacial score (nSPS) is 22.4. The van der Waals surface area contributed by atoms with Crippen molar-refractivity contribution in [2.24, 2.45) is 5.92 Å². The Hall–Kier alpha value is 0.397. The molecule has 0 radical (unpaired) electrons. The molecule has 94 valence electrons. The molecular weight excluding hydrogens is 280 g/mol. The van der Waals surface area contributed by atoms with Crippen molar-refractivity contribution < 1.29 is 4.43 Å². The molecule has 1 aliphatic rings. The van der Waals surface area contributed by atoms with Gasteiger partial charge in [-0.25, -0.2) is 0 Å². The van der Waals surface area contributed by atoms with E-state index in [0.29, 0.717) is 11.0 Å². The van der Waals surface area contributed by atoms with Crippen molar-refractivity contribution in [1.82, 2.24) is 0 Å². The zero-order valence-electron chi connectivity index (χ0n) is 11.3. The highest BCUT2D eigenvalue weighted by Crippen LogP contribution is 2.38. The highest BCUT2D eigenvalue weighted by atomic mass is 79.9. The van der Waals surface area contributed by atoms with Crippen molar-refractivity contribution in [3.05, 3.63) is 11.6 Å². The minimum absolute atomic E-state index is 0.323. The van der Waals surface area contributed by atoms with E-state index in [1.165, 1.54) is 12.8 Å². The van der Waals surface area contributed by atoms with Gasteiger partial charge >= 0.3 is 0 Å². The molecule has 0 aromatic heterocycles. The molecule has 0 saturated heterocycles. The van der Waals surface area contributed by atoms with E-state index < -0.39 is 8.32 Å². The van der Waals surface area contributed by atoms with E-state index in [0.717, 1.165) is 11.9 Å². The van der Waals surface area contributed by atoms with Gasteiger partial charge in [-0.1, -0.05) is 48.4 Å². The first-order chi connectivity index (χ1) is 7.28. The Morgan fingerprint density at radius 2 is 2.06 bits per heavy atom. The third kappa shape index (κ3) is 3.44. The summed E-state index contributed by atoms with van der Waals surface area (Å²) in [6.07, 6.45) is 4.87. The van der Waals surface area contributed by atoms with Gasteiger partial charge in [-0.15, -0.1) is 0 Å². The second-order valence-corrected chi connectivity index (χ2v) is 11.6. The van der Waals surface area contributed by atoms with Crippen LogP contribution in [0.4, 0.5) is 0 Å². The molecule has 0 heterocycles.